The maximum Gasteiger partial charge on any atom is 0.0683 e. The molecule has 0 spiro atoms. The molecule has 1 heterocycles. The minimum absolute atomic E-state index is 0.287. The van der Waals surface area contributed by atoms with Crippen molar-refractivity contribution in [1.82, 2.24) is 10.2 Å². The molecule has 0 aromatic heterocycles. The SMILES string of the molecule is C#CC(C)N(CC)CC1CCNCC1. The van der Waals surface area contributed by atoms with E-state index in [0.717, 1.165) is 12.5 Å². The molecular formula is C12H22N2. The van der Waals surface area contributed by atoms with E-state index >= 15 is 0 Å². The minimum Gasteiger partial charge on any atom is -0.317 e. The highest BCUT2D eigenvalue weighted by Gasteiger charge is 2.18. The predicted octanol–water partition coefficient (Wildman–Crippen LogP) is 1.33. The molecule has 2 nitrogen and oxygen atoms in total. The van der Waals surface area contributed by atoms with Gasteiger partial charge in [-0.15, -0.1) is 6.42 Å². The molecule has 1 rings (SSSR count). The van der Waals surface area contributed by atoms with Gasteiger partial charge in [-0.3, -0.25) is 4.90 Å². The summed E-state index contributed by atoms with van der Waals surface area (Å²) in [7, 11) is 0. The van der Waals surface area contributed by atoms with Gasteiger partial charge in [0.2, 0.25) is 0 Å². The van der Waals surface area contributed by atoms with Gasteiger partial charge >= 0.3 is 0 Å². The lowest BCUT2D eigenvalue weighted by molar-refractivity contribution is 0.195. The number of nitrogens with one attached hydrogen (secondary N) is 1. The molecule has 80 valence electrons. The fraction of sp³-hybridized carbons (Fsp3) is 0.833. The highest BCUT2D eigenvalue weighted by Crippen LogP contribution is 2.14. The zero-order valence-corrected chi connectivity index (χ0v) is 9.42. The van der Waals surface area contributed by atoms with Crippen LogP contribution in [0.15, 0.2) is 0 Å². The summed E-state index contributed by atoms with van der Waals surface area (Å²) in [6, 6.07) is 0.287. The highest BCUT2D eigenvalue weighted by atomic mass is 15.1. The summed E-state index contributed by atoms with van der Waals surface area (Å²) in [5, 5.41) is 3.39. The van der Waals surface area contributed by atoms with Crippen LogP contribution in [0.3, 0.4) is 0 Å². The van der Waals surface area contributed by atoms with Gasteiger partial charge in [-0.25, -0.2) is 0 Å². The standard InChI is InChI=1S/C12H22N2/c1-4-11(3)14(5-2)10-12-6-8-13-9-7-12/h1,11-13H,5-10H2,2-3H3. The molecular weight excluding hydrogens is 172 g/mol. The molecule has 1 saturated heterocycles. The second kappa shape index (κ2) is 6.06. The van der Waals surface area contributed by atoms with Gasteiger partial charge < -0.3 is 5.32 Å². The zero-order valence-electron chi connectivity index (χ0n) is 9.42. The number of hydrogen-bond donors (Lipinski definition) is 1. The Bertz CT molecular complexity index is 189. The highest BCUT2D eigenvalue weighted by molar-refractivity contribution is 4.97. The van der Waals surface area contributed by atoms with Crippen LogP contribution >= 0.6 is 0 Å². The lowest BCUT2D eigenvalue weighted by Crippen LogP contribution is -2.39. The van der Waals surface area contributed by atoms with E-state index in [1.54, 1.807) is 0 Å². The van der Waals surface area contributed by atoms with Crippen LogP contribution in [0.4, 0.5) is 0 Å². The number of nitrogens with zero attached hydrogens (tertiary/aromatic N) is 1. The second-order valence-corrected chi connectivity index (χ2v) is 4.12. The van der Waals surface area contributed by atoms with Crippen LogP contribution in [0.1, 0.15) is 26.7 Å². The van der Waals surface area contributed by atoms with E-state index in [1.807, 2.05) is 0 Å². The van der Waals surface area contributed by atoms with Gasteiger partial charge in [-0.2, -0.15) is 0 Å². The van der Waals surface area contributed by atoms with Crippen LogP contribution in [0.5, 0.6) is 0 Å². The number of piperidine rings is 1. The summed E-state index contributed by atoms with van der Waals surface area (Å²) < 4.78 is 0. The summed E-state index contributed by atoms with van der Waals surface area (Å²) in [6.07, 6.45) is 8.05. The molecule has 1 fully saturated rings. The molecule has 0 saturated carbocycles. The molecule has 0 amide bonds. The third kappa shape index (κ3) is 3.32. The largest absolute Gasteiger partial charge is 0.317 e. The van der Waals surface area contributed by atoms with Gasteiger partial charge in [0, 0.05) is 6.54 Å². The van der Waals surface area contributed by atoms with E-state index in [1.165, 1.54) is 32.5 Å². The number of rotatable bonds is 4. The van der Waals surface area contributed by atoms with E-state index in [9.17, 15) is 0 Å². The van der Waals surface area contributed by atoms with Crippen LogP contribution in [0.25, 0.3) is 0 Å². The van der Waals surface area contributed by atoms with Gasteiger partial charge in [0.25, 0.3) is 0 Å². The topological polar surface area (TPSA) is 15.3 Å². The maximum atomic E-state index is 5.45. The normalized spacial score (nSPS) is 20.7. The Hall–Kier alpha value is -0.520. The quantitative estimate of drug-likeness (QED) is 0.679. The van der Waals surface area contributed by atoms with Crippen LogP contribution in [0, 0.1) is 18.3 Å². The van der Waals surface area contributed by atoms with Crippen molar-refractivity contribution in [3.63, 3.8) is 0 Å². The van der Waals surface area contributed by atoms with E-state index in [-0.39, 0.29) is 6.04 Å². The number of hydrogen-bond acceptors (Lipinski definition) is 2. The van der Waals surface area contributed by atoms with Crippen molar-refractivity contribution in [2.45, 2.75) is 32.7 Å². The first kappa shape index (κ1) is 11.6. The fourth-order valence-corrected chi connectivity index (χ4v) is 2.06. The van der Waals surface area contributed by atoms with Crippen molar-refractivity contribution in [2.24, 2.45) is 5.92 Å². The molecule has 0 radical (unpaired) electrons. The van der Waals surface area contributed by atoms with Crippen molar-refractivity contribution in [1.29, 1.82) is 0 Å². The molecule has 0 aliphatic carbocycles. The van der Waals surface area contributed by atoms with Gasteiger partial charge in [-0.1, -0.05) is 12.8 Å². The van der Waals surface area contributed by atoms with Crippen LogP contribution in [0.2, 0.25) is 0 Å². The van der Waals surface area contributed by atoms with E-state index in [0.29, 0.717) is 0 Å². The van der Waals surface area contributed by atoms with Crippen molar-refractivity contribution >= 4 is 0 Å². The molecule has 0 aromatic rings. The summed E-state index contributed by atoms with van der Waals surface area (Å²) in [4.78, 5) is 2.40. The van der Waals surface area contributed by atoms with Crippen molar-refractivity contribution < 1.29 is 0 Å². The second-order valence-electron chi connectivity index (χ2n) is 4.12. The molecule has 1 aliphatic rings. The lowest BCUT2D eigenvalue weighted by atomic mass is 9.97. The van der Waals surface area contributed by atoms with Crippen LogP contribution in [-0.2, 0) is 0 Å². The average molecular weight is 194 g/mol. The smallest absolute Gasteiger partial charge is 0.0683 e. The molecule has 2 heteroatoms. The van der Waals surface area contributed by atoms with Crippen molar-refractivity contribution in [3.05, 3.63) is 0 Å². The monoisotopic (exact) mass is 194 g/mol. The Morgan fingerprint density at radius 3 is 2.64 bits per heavy atom. The Morgan fingerprint density at radius 2 is 2.14 bits per heavy atom. The first-order valence-corrected chi connectivity index (χ1v) is 5.68. The van der Waals surface area contributed by atoms with Crippen LogP contribution in [-0.4, -0.2) is 37.1 Å². The fourth-order valence-electron chi connectivity index (χ4n) is 2.06. The van der Waals surface area contributed by atoms with Crippen LogP contribution < -0.4 is 5.32 Å². The summed E-state index contributed by atoms with van der Waals surface area (Å²) in [5.41, 5.74) is 0. The van der Waals surface area contributed by atoms with Gasteiger partial charge in [0.15, 0.2) is 0 Å². The molecule has 1 atom stereocenters. The molecule has 1 aliphatic heterocycles. The maximum absolute atomic E-state index is 5.45. The first-order valence-electron chi connectivity index (χ1n) is 5.68. The van der Waals surface area contributed by atoms with Gasteiger partial charge in [0.1, 0.15) is 0 Å². The van der Waals surface area contributed by atoms with E-state index < -0.39 is 0 Å². The molecule has 0 bridgehead atoms. The predicted molar refractivity (Wildman–Crippen MR) is 61.1 cm³/mol. The molecule has 1 unspecified atom stereocenters. The molecule has 1 N–H and O–H groups in total. The Morgan fingerprint density at radius 1 is 1.50 bits per heavy atom. The Kier molecular flexibility index (Phi) is 5.00. The Balaban J connectivity index is 2.35. The summed E-state index contributed by atoms with van der Waals surface area (Å²) in [5.74, 6) is 3.66. The zero-order chi connectivity index (χ0) is 10.4. The van der Waals surface area contributed by atoms with Gasteiger partial charge in [0.05, 0.1) is 6.04 Å². The van der Waals surface area contributed by atoms with Crippen molar-refractivity contribution in [3.8, 4) is 12.3 Å². The third-order valence-corrected chi connectivity index (χ3v) is 3.15. The minimum atomic E-state index is 0.287. The van der Waals surface area contributed by atoms with Gasteiger partial charge in [-0.05, 0) is 45.3 Å². The average Bonchev–Trinajstić information content (AvgIpc) is 2.26. The first-order chi connectivity index (χ1) is 6.77. The summed E-state index contributed by atoms with van der Waals surface area (Å²) >= 11 is 0. The van der Waals surface area contributed by atoms with Crippen molar-refractivity contribution in [2.75, 3.05) is 26.2 Å². The third-order valence-electron chi connectivity index (χ3n) is 3.15. The summed E-state index contributed by atoms with van der Waals surface area (Å²) in [6.45, 7) is 8.89. The number of terminal acetylenes is 1. The Labute approximate surface area is 88.1 Å². The molecule has 14 heavy (non-hydrogen) atoms. The van der Waals surface area contributed by atoms with E-state index in [4.69, 9.17) is 6.42 Å². The molecule has 0 aromatic carbocycles. The van der Waals surface area contributed by atoms with E-state index in [2.05, 4.69) is 30.0 Å². The lowest BCUT2D eigenvalue weighted by Gasteiger charge is -2.31.